The number of nitrogens with one attached hydrogen (secondary N) is 1. The maximum atomic E-state index is 6.09. The van der Waals surface area contributed by atoms with Gasteiger partial charge in [0.1, 0.15) is 11.5 Å². The van der Waals surface area contributed by atoms with E-state index in [0.29, 0.717) is 0 Å². The van der Waals surface area contributed by atoms with E-state index in [1.54, 1.807) is 7.11 Å². The first kappa shape index (κ1) is 17.0. The monoisotopic (exact) mass is 349 g/mol. The molecule has 3 nitrogen and oxygen atoms in total. The molecule has 0 saturated carbocycles. The summed E-state index contributed by atoms with van der Waals surface area (Å²) in [5.74, 6) is 1.90. The van der Waals surface area contributed by atoms with Gasteiger partial charge in [-0.1, -0.05) is 19.1 Å². The van der Waals surface area contributed by atoms with Crippen LogP contribution in [-0.2, 0) is 12.8 Å². The fourth-order valence-electron chi connectivity index (χ4n) is 4.07. The Morgan fingerprint density at radius 2 is 1.96 bits per heavy atom. The minimum Gasteiger partial charge on any atom is -0.497 e. The van der Waals surface area contributed by atoms with Gasteiger partial charge in [0.2, 0.25) is 0 Å². The molecule has 2 aromatic rings. The summed E-state index contributed by atoms with van der Waals surface area (Å²) >= 11 is 0. The van der Waals surface area contributed by atoms with Crippen molar-refractivity contribution in [3.05, 3.63) is 52.6 Å². The van der Waals surface area contributed by atoms with E-state index < -0.39 is 0 Å². The molecular weight excluding hydrogens is 322 g/mol. The molecule has 1 aliphatic heterocycles. The average molecular weight is 349 g/mol. The van der Waals surface area contributed by atoms with Crippen molar-refractivity contribution in [2.75, 3.05) is 19.0 Å². The molecule has 0 aromatic heterocycles. The first-order valence-electron chi connectivity index (χ1n) is 9.65. The van der Waals surface area contributed by atoms with Gasteiger partial charge in [-0.3, -0.25) is 0 Å². The third kappa shape index (κ3) is 2.96. The molecule has 3 heteroatoms. The highest BCUT2D eigenvalue weighted by molar-refractivity contribution is 5.95. The zero-order valence-electron chi connectivity index (χ0n) is 15.9. The molecule has 0 saturated heterocycles. The molecule has 1 aliphatic carbocycles. The number of aryl methyl sites for hydroxylation is 1. The smallest absolute Gasteiger partial charge is 0.143 e. The predicted molar refractivity (Wildman–Crippen MR) is 108 cm³/mol. The molecular formula is C23H27NO2. The molecule has 0 fully saturated rings. The lowest BCUT2D eigenvalue weighted by Crippen LogP contribution is -2.22. The van der Waals surface area contributed by atoms with Crippen molar-refractivity contribution in [3.63, 3.8) is 0 Å². The number of anilines is 1. The lowest BCUT2D eigenvalue weighted by Gasteiger charge is -2.29. The highest BCUT2D eigenvalue weighted by Crippen LogP contribution is 2.44. The Hall–Kier alpha value is -2.42. The highest BCUT2D eigenvalue weighted by atomic mass is 16.5. The van der Waals surface area contributed by atoms with Crippen LogP contribution in [0.5, 0.6) is 11.5 Å². The molecule has 0 spiro atoms. The summed E-state index contributed by atoms with van der Waals surface area (Å²) in [6, 6.07) is 10.9. The van der Waals surface area contributed by atoms with Gasteiger partial charge in [0.25, 0.3) is 0 Å². The van der Waals surface area contributed by atoms with Gasteiger partial charge in [-0.05, 0) is 79.1 Å². The Labute approximate surface area is 156 Å². The van der Waals surface area contributed by atoms with Crippen LogP contribution < -0.4 is 14.8 Å². The van der Waals surface area contributed by atoms with E-state index in [0.717, 1.165) is 37.4 Å². The second-order valence-corrected chi connectivity index (χ2v) is 7.20. The predicted octanol–water partition coefficient (Wildman–Crippen LogP) is 5.33. The van der Waals surface area contributed by atoms with Crippen LogP contribution in [0.25, 0.3) is 11.6 Å². The maximum Gasteiger partial charge on any atom is 0.143 e. The van der Waals surface area contributed by atoms with E-state index in [9.17, 15) is 0 Å². The Balaban J connectivity index is 1.80. The first-order valence-corrected chi connectivity index (χ1v) is 9.65. The summed E-state index contributed by atoms with van der Waals surface area (Å²) in [5, 5.41) is 3.72. The largest absolute Gasteiger partial charge is 0.497 e. The van der Waals surface area contributed by atoms with Gasteiger partial charge in [0.05, 0.1) is 19.4 Å². The number of hydrogen-bond acceptors (Lipinski definition) is 3. The van der Waals surface area contributed by atoms with Crippen molar-refractivity contribution in [1.82, 2.24) is 0 Å². The molecule has 2 aromatic carbocycles. The highest BCUT2D eigenvalue weighted by Gasteiger charge is 2.27. The summed E-state index contributed by atoms with van der Waals surface area (Å²) in [4.78, 5) is 0. The van der Waals surface area contributed by atoms with Gasteiger partial charge >= 0.3 is 0 Å². The van der Waals surface area contributed by atoms with E-state index in [1.165, 1.54) is 39.9 Å². The van der Waals surface area contributed by atoms with Crippen LogP contribution in [0.2, 0.25) is 0 Å². The summed E-state index contributed by atoms with van der Waals surface area (Å²) in [7, 11) is 1.70. The molecule has 0 radical (unpaired) electrons. The molecule has 1 unspecified atom stereocenters. The van der Waals surface area contributed by atoms with E-state index >= 15 is 0 Å². The van der Waals surface area contributed by atoms with Gasteiger partial charge in [-0.2, -0.15) is 0 Å². The normalized spacial score (nSPS) is 17.8. The van der Waals surface area contributed by atoms with Crippen molar-refractivity contribution in [3.8, 4) is 11.5 Å². The lowest BCUT2D eigenvalue weighted by atomic mass is 9.89. The van der Waals surface area contributed by atoms with Crippen molar-refractivity contribution in [2.45, 2.75) is 45.6 Å². The first-order chi connectivity index (χ1) is 12.7. The van der Waals surface area contributed by atoms with Gasteiger partial charge < -0.3 is 14.8 Å². The molecule has 4 rings (SSSR count). The van der Waals surface area contributed by atoms with E-state index in [1.807, 2.05) is 12.1 Å². The Bertz CT molecular complexity index is 836. The van der Waals surface area contributed by atoms with Gasteiger partial charge in [0.15, 0.2) is 0 Å². The second kappa shape index (κ2) is 7.06. The van der Waals surface area contributed by atoms with E-state index in [2.05, 4.69) is 43.4 Å². The summed E-state index contributed by atoms with van der Waals surface area (Å²) in [5.41, 5.74) is 8.01. The minimum absolute atomic E-state index is 0.235. The molecule has 1 N–H and O–H groups in total. The zero-order chi connectivity index (χ0) is 18.1. The summed E-state index contributed by atoms with van der Waals surface area (Å²) in [6.07, 6.45) is 6.95. The molecule has 136 valence electrons. The van der Waals surface area contributed by atoms with Crippen LogP contribution in [-0.4, -0.2) is 19.8 Å². The van der Waals surface area contributed by atoms with Crippen LogP contribution in [0.1, 0.15) is 48.9 Å². The van der Waals surface area contributed by atoms with Crippen molar-refractivity contribution >= 4 is 17.3 Å². The number of hydrogen-bond donors (Lipinski definition) is 1. The fourth-order valence-corrected chi connectivity index (χ4v) is 4.07. The Kier molecular flexibility index (Phi) is 4.62. The maximum absolute atomic E-state index is 6.09. The molecule has 0 amide bonds. The van der Waals surface area contributed by atoms with Gasteiger partial charge in [0, 0.05) is 11.6 Å². The number of fused-ring (bicyclic) bond motifs is 3. The molecule has 2 aliphatic rings. The fraction of sp³-hybridized carbons (Fsp3) is 0.391. The van der Waals surface area contributed by atoms with E-state index in [-0.39, 0.29) is 6.04 Å². The van der Waals surface area contributed by atoms with Gasteiger partial charge in [-0.15, -0.1) is 0 Å². The molecule has 1 atom stereocenters. The average Bonchev–Trinajstić information content (AvgIpc) is 3.14. The number of rotatable bonds is 5. The third-order valence-corrected chi connectivity index (χ3v) is 5.42. The number of methoxy groups -OCH3 is 1. The third-order valence-electron chi connectivity index (χ3n) is 5.42. The van der Waals surface area contributed by atoms with E-state index in [4.69, 9.17) is 9.47 Å². The summed E-state index contributed by atoms with van der Waals surface area (Å²) in [6.45, 7) is 5.13. The Morgan fingerprint density at radius 3 is 2.69 bits per heavy atom. The Morgan fingerprint density at radius 1 is 1.15 bits per heavy atom. The summed E-state index contributed by atoms with van der Waals surface area (Å²) < 4.78 is 11.4. The van der Waals surface area contributed by atoms with Crippen molar-refractivity contribution < 1.29 is 9.47 Å². The van der Waals surface area contributed by atoms with Crippen molar-refractivity contribution in [1.29, 1.82) is 0 Å². The molecule has 0 bridgehead atoms. The van der Waals surface area contributed by atoms with Crippen LogP contribution in [0.4, 0.5) is 5.69 Å². The number of benzene rings is 2. The van der Waals surface area contributed by atoms with Crippen molar-refractivity contribution in [2.24, 2.45) is 0 Å². The zero-order valence-corrected chi connectivity index (χ0v) is 15.9. The standard InChI is InChI=1S/C23H27NO2/c1-4-12-26-22-13-17-6-5-7-19(17)21-14-20(15(2)24-23(21)22)16-8-10-18(25-3)11-9-16/h8-11,13-15,24H,4-7,12H2,1-3H3. The second-order valence-electron chi connectivity index (χ2n) is 7.20. The van der Waals surface area contributed by atoms with Gasteiger partial charge in [-0.25, -0.2) is 0 Å². The van der Waals surface area contributed by atoms with Crippen LogP contribution in [0, 0.1) is 0 Å². The van der Waals surface area contributed by atoms with Crippen LogP contribution >= 0.6 is 0 Å². The SMILES string of the molecule is CCCOc1cc2c(c3c1NC(C)C(c1ccc(OC)cc1)=C3)CCC2. The quantitative estimate of drug-likeness (QED) is 0.792. The topological polar surface area (TPSA) is 30.5 Å². The minimum atomic E-state index is 0.235. The van der Waals surface area contributed by atoms with Crippen LogP contribution in [0.3, 0.4) is 0 Å². The molecule has 26 heavy (non-hydrogen) atoms. The lowest BCUT2D eigenvalue weighted by molar-refractivity contribution is 0.318. The number of ether oxygens (including phenoxy) is 2. The molecule has 1 heterocycles. The van der Waals surface area contributed by atoms with Crippen LogP contribution in [0.15, 0.2) is 30.3 Å².